The van der Waals surface area contributed by atoms with E-state index in [0.29, 0.717) is 37.8 Å². The first-order chi connectivity index (χ1) is 11.2. The first kappa shape index (κ1) is 15.7. The molecule has 0 radical (unpaired) electrons. The maximum Gasteiger partial charge on any atom is 0.242 e. The van der Waals surface area contributed by atoms with Crippen molar-refractivity contribution in [3.63, 3.8) is 0 Å². The Labute approximate surface area is 134 Å². The monoisotopic (exact) mass is 319 g/mol. The molecule has 0 saturated carbocycles. The van der Waals surface area contributed by atoms with Crippen molar-refractivity contribution in [1.29, 1.82) is 0 Å². The number of aryl methyl sites for hydroxylation is 1. The number of carbonyl (C=O) groups is 1. The van der Waals surface area contributed by atoms with E-state index < -0.39 is 0 Å². The Morgan fingerprint density at radius 3 is 3.17 bits per heavy atom. The van der Waals surface area contributed by atoms with Crippen molar-refractivity contribution in [2.75, 3.05) is 19.7 Å². The minimum Gasteiger partial charge on any atom is -0.376 e. The van der Waals surface area contributed by atoms with Crippen LogP contribution in [-0.4, -0.2) is 56.3 Å². The highest BCUT2D eigenvalue weighted by Gasteiger charge is 2.24. The molecule has 1 amide bonds. The van der Waals surface area contributed by atoms with Gasteiger partial charge in [0.1, 0.15) is 6.54 Å². The Bertz CT molecular complexity index is 625. The van der Waals surface area contributed by atoms with Gasteiger partial charge < -0.3 is 18.7 Å². The maximum atomic E-state index is 12.3. The van der Waals surface area contributed by atoms with Gasteiger partial charge in [0.15, 0.2) is 5.82 Å². The molecule has 8 heteroatoms. The molecule has 8 nitrogen and oxygen atoms in total. The van der Waals surface area contributed by atoms with Crippen molar-refractivity contribution in [2.24, 2.45) is 0 Å². The van der Waals surface area contributed by atoms with Crippen LogP contribution in [0.5, 0.6) is 0 Å². The van der Waals surface area contributed by atoms with Crippen molar-refractivity contribution >= 4 is 5.91 Å². The highest BCUT2D eigenvalue weighted by atomic mass is 16.5. The summed E-state index contributed by atoms with van der Waals surface area (Å²) in [4.78, 5) is 22.3. The third-order valence-corrected chi connectivity index (χ3v) is 3.86. The zero-order valence-electron chi connectivity index (χ0n) is 13.2. The van der Waals surface area contributed by atoms with Crippen molar-refractivity contribution in [1.82, 2.24) is 24.6 Å². The molecule has 23 heavy (non-hydrogen) atoms. The van der Waals surface area contributed by atoms with Gasteiger partial charge in [0.25, 0.3) is 0 Å². The molecule has 3 rings (SSSR count). The Hall–Kier alpha value is -2.22. The topological polar surface area (TPSA) is 86.3 Å². The SMILES string of the molecule is Cc1nc(CCOC2CCCN(C(=O)Cn3ccnc3)C2)no1. The van der Waals surface area contributed by atoms with E-state index in [9.17, 15) is 4.79 Å². The number of rotatable bonds is 6. The number of nitrogens with zero attached hydrogens (tertiary/aromatic N) is 5. The Kier molecular flexibility index (Phi) is 5.02. The molecule has 1 saturated heterocycles. The predicted molar refractivity (Wildman–Crippen MR) is 80.5 cm³/mol. The van der Waals surface area contributed by atoms with Crippen LogP contribution < -0.4 is 0 Å². The maximum absolute atomic E-state index is 12.3. The smallest absolute Gasteiger partial charge is 0.242 e. The summed E-state index contributed by atoms with van der Waals surface area (Å²) in [6.07, 6.45) is 7.75. The molecule has 1 atom stereocenters. The number of ether oxygens (including phenoxy) is 1. The van der Waals surface area contributed by atoms with Crippen LogP contribution in [0.1, 0.15) is 24.6 Å². The van der Waals surface area contributed by atoms with Gasteiger partial charge in [-0.2, -0.15) is 4.98 Å². The van der Waals surface area contributed by atoms with Gasteiger partial charge in [-0.3, -0.25) is 4.79 Å². The van der Waals surface area contributed by atoms with Gasteiger partial charge in [0, 0.05) is 38.8 Å². The van der Waals surface area contributed by atoms with E-state index in [1.165, 1.54) is 0 Å². The molecule has 0 bridgehead atoms. The summed E-state index contributed by atoms with van der Waals surface area (Å²) in [7, 11) is 0. The summed E-state index contributed by atoms with van der Waals surface area (Å²) in [5.74, 6) is 1.32. The number of carbonyl (C=O) groups excluding carboxylic acids is 1. The largest absolute Gasteiger partial charge is 0.376 e. The second kappa shape index (κ2) is 7.36. The lowest BCUT2D eigenvalue weighted by Crippen LogP contribution is -2.44. The number of amides is 1. The van der Waals surface area contributed by atoms with Crippen molar-refractivity contribution in [3.8, 4) is 0 Å². The quantitative estimate of drug-likeness (QED) is 0.783. The third-order valence-electron chi connectivity index (χ3n) is 3.86. The van der Waals surface area contributed by atoms with Gasteiger partial charge in [-0.25, -0.2) is 4.98 Å². The zero-order chi connectivity index (χ0) is 16.1. The van der Waals surface area contributed by atoms with Crippen LogP contribution >= 0.6 is 0 Å². The summed E-state index contributed by atoms with van der Waals surface area (Å²) in [6.45, 7) is 4.06. The van der Waals surface area contributed by atoms with Crippen LogP contribution in [0, 0.1) is 6.92 Å². The molecule has 1 aliphatic heterocycles. The highest BCUT2D eigenvalue weighted by Crippen LogP contribution is 2.14. The molecule has 1 unspecified atom stereocenters. The molecular formula is C15H21N5O3. The van der Waals surface area contributed by atoms with E-state index >= 15 is 0 Å². The molecule has 1 aliphatic rings. The Morgan fingerprint density at radius 2 is 2.43 bits per heavy atom. The lowest BCUT2D eigenvalue weighted by molar-refractivity contribution is -0.136. The molecule has 2 aromatic heterocycles. The van der Waals surface area contributed by atoms with Gasteiger partial charge in [0.05, 0.1) is 19.0 Å². The van der Waals surface area contributed by atoms with E-state index in [1.54, 1.807) is 30.2 Å². The summed E-state index contributed by atoms with van der Waals surface area (Å²) >= 11 is 0. The van der Waals surface area contributed by atoms with Crippen molar-refractivity contribution in [2.45, 2.75) is 38.8 Å². The summed E-state index contributed by atoms with van der Waals surface area (Å²) in [5.41, 5.74) is 0. The molecule has 1 fully saturated rings. The lowest BCUT2D eigenvalue weighted by Gasteiger charge is -2.32. The van der Waals surface area contributed by atoms with E-state index in [1.807, 2.05) is 4.90 Å². The number of likely N-dealkylation sites (tertiary alicyclic amines) is 1. The zero-order valence-corrected chi connectivity index (χ0v) is 13.2. The van der Waals surface area contributed by atoms with E-state index in [2.05, 4.69) is 15.1 Å². The second-order valence-corrected chi connectivity index (χ2v) is 5.69. The van der Waals surface area contributed by atoms with E-state index in [4.69, 9.17) is 9.26 Å². The molecule has 0 aromatic carbocycles. The van der Waals surface area contributed by atoms with E-state index in [0.717, 1.165) is 19.4 Å². The number of hydrogen-bond acceptors (Lipinski definition) is 6. The number of piperidine rings is 1. The molecule has 0 aliphatic carbocycles. The number of hydrogen-bond donors (Lipinski definition) is 0. The standard InChI is InChI=1S/C15H21N5O3/c1-12-17-14(18-23-12)4-8-22-13-3-2-6-20(9-13)15(21)10-19-7-5-16-11-19/h5,7,11,13H,2-4,6,8-10H2,1H3. The third kappa shape index (κ3) is 4.38. The van der Waals surface area contributed by atoms with Crippen LogP contribution in [0.3, 0.4) is 0 Å². The van der Waals surface area contributed by atoms with Gasteiger partial charge in [-0.1, -0.05) is 5.16 Å². The van der Waals surface area contributed by atoms with Crippen molar-refractivity contribution < 1.29 is 14.1 Å². The summed E-state index contributed by atoms with van der Waals surface area (Å²) < 4.78 is 12.6. The normalized spacial score (nSPS) is 18.3. The minimum atomic E-state index is 0.0727. The van der Waals surface area contributed by atoms with Crippen LogP contribution in [-0.2, 0) is 22.5 Å². The van der Waals surface area contributed by atoms with Crippen LogP contribution in [0.25, 0.3) is 0 Å². The Morgan fingerprint density at radius 1 is 1.52 bits per heavy atom. The van der Waals surface area contributed by atoms with Gasteiger partial charge in [-0.05, 0) is 12.8 Å². The molecule has 3 heterocycles. The van der Waals surface area contributed by atoms with E-state index in [-0.39, 0.29) is 12.0 Å². The van der Waals surface area contributed by atoms with Gasteiger partial charge in [-0.15, -0.1) is 0 Å². The number of aromatic nitrogens is 4. The molecule has 0 spiro atoms. The average molecular weight is 319 g/mol. The highest BCUT2D eigenvalue weighted by molar-refractivity contribution is 5.76. The molecular weight excluding hydrogens is 298 g/mol. The molecule has 2 aromatic rings. The fourth-order valence-electron chi connectivity index (χ4n) is 2.70. The first-order valence-electron chi connectivity index (χ1n) is 7.85. The minimum absolute atomic E-state index is 0.0727. The van der Waals surface area contributed by atoms with Crippen LogP contribution in [0.4, 0.5) is 0 Å². The fraction of sp³-hybridized carbons (Fsp3) is 0.600. The van der Waals surface area contributed by atoms with Crippen LogP contribution in [0.2, 0.25) is 0 Å². The Balaban J connectivity index is 1.43. The molecule has 124 valence electrons. The first-order valence-corrected chi connectivity index (χ1v) is 7.85. The average Bonchev–Trinajstić information content (AvgIpc) is 3.19. The fourth-order valence-corrected chi connectivity index (χ4v) is 2.70. The second-order valence-electron chi connectivity index (χ2n) is 5.69. The van der Waals surface area contributed by atoms with Crippen LogP contribution in [0.15, 0.2) is 23.2 Å². The molecule has 0 N–H and O–H groups in total. The summed E-state index contributed by atoms with van der Waals surface area (Å²) in [5, 5.41) is 3.84. The number of imidazole rings is 1. The van der Waals surface area contributed by atoms with Gasteiger partial charge in [0.2, 0.25) is 11.8 Å². The summed E-state index contributed by atoms with van der Waals surface area (Å²) in [6, 6.07) is 0. The van der Waals surface area contributed by atoms with Crippen molar-refractivity contribution in [3.05, 3.63) is 30.4 Å². The predicted octanol–water partition coefficient (Wildman–Crippen LogP) is 0.825. The van der Waals surface area contributed by atoms with Gasteiger partial charge >= 0.3 is 0 Å². The lowest BCUT2D eigenvalue weighted by atomic mass is 10.1.